The fourth-order valence-corrected chi connectivity index (χ4v) is 1.99. The van der Waals surface area contributed by atoms with Gasteiger partial charge in [-0.25, -0.2) is 9.18 Å². The van der Waals surface area contributed by atoms with Crippen molar-refractivity contribution in [3.63, 3.8) is 0 Å². The third kappa shape index (κ3) is 3.13. The molecule has 2 aromatic carbocycles. The summed E-state index contributed by atoms with van der Waals surface area (Å²) in [7, 11) is 0. The smallest absolute Gasteiger partial charge is 0.338 e. The van der Waals surface area contributed by atoms with E-state index < -0.39 is 17.3 Å². The maximum absolute atomic E-state index is 13.7. The van der Waals surface area contributed by atoms with Crippen LogP contribution in [0.4, 0.5) is 10.1 Å². The van der Waals surface area contributed by atoms with Crippen LogP contribution in [0.1, 0.15) is 35.7 Å². The van der Waals surface area contributed by atoms with Gasteiger partial charge in [-0.2, -0.15) is 0 Å². The second-order valence-electron chi connectivity index (χ2n) is 4.97. The molecule has 2 rings (SSSR count). The Bertz CT molecular complexity index is 683. The van der Waals surface area contributed by atoms with Gasteiger partial charge in [-0.1, -0.05) is 32.0 Å². The third-order valence-corrected chi connectivity index (χ3v) is 3.09. The van der Waals surface area contributed by atoms with Gasteiger partial charge >= 0.3 is 5.97 Å². The van der Waals surface area contributed by atoms with Gasteiger partial charge in [-0.15, -0.1) is 0 Å². The van der Waals surface area contributed by atoms with Crippen LogP contribution in [-0.2, 0) is 0 Å². The van der Waals surface area contributed by atoms with Crippen LogP contribution in [0, 0.1) is 5.82 Å². The zero-order valence-corrected chi connectivity index (χ0v) is 11.8. The van der Waals surface area contributed by atoms with Crippen molar-refractivity contribution in [2.75, 3.05) is 5.73 Å². The fourth-order valence-electron chi connectivity index (χ4n) is 1.99. The first kappa shape index (κ1) is 14.8. The molecule has 0 saturated heterocycles. The number of hydrogen-bond donors (Lipinski definition) is 2. The van der Waals surface area contributed by atoms with Crippen molar-refractivity contribution in [3.05, 3.63) is 53.3 Å². The van der Waals surface area contributed by atoms with Gasteiger partial charge in [0, 0.05) is 6.07 Å². The number of rotatable bonds is 4. The van der Waals surface area contributed by atoms with Crippen LogP contribution in [0.2, 0.25) is 0 Å². The number of ether oxygens (including phenoxy) is 1. The molecular formula is C16H16FNO3. The average molecular weight is 289 g/mol. The van der Waals surface area contributed by atoms with E-state index in [1.54, 1.807) is 12.1 Å². The standard InChI is InChI=1S/C16H16FNO3/c1-9(2)10-5-3-4-6-14(10)21-15-8-12(17)11(16(19)20)7-13(15)18/h3-9H,18H2,1-2H3,(H,19,20). The largest absolute Gasteiger partial charge is 0.478 e. The number of carbonyl (C=O) groups is 1. The van der Waals surface area contributed by atoms with Gasteiger partial charge < -0.3 is 15.6 Å². The molecule has 0 unspecified atom stereocenters. The molecule has 0 saturated carbocycles. The van der Waals surface area contributed by atoms with E-state index in [4.69, 9.17) is 15.6 Å². The third-order valence-electron chi connectivity index (χ3n) is 3.09. The molecule has 4 nitrogen and oxygen atoms in total. The van der Waals surface area contributed by atoms with Gasteiger partial charge in [0.25, 0.3) is 0 Å². The predicted octanol–water partition coefficient (Wildman–Crippen LogP) is 4.02. The predicted molar refractivity (Wildman–Crippen MR) is 78.4 cm³/mol. The Balaban J connectivity index is 2.41. The van der Waals surface area contributed by atoms with Crippen molar-refractivity contribution >= 4 is 11.7 Å². The molecule has 0 atom stereocenters. The summed E-state index contributed by atoms with van der Waals surface area (Å²) in [6.45, 7) is 4.03. The SMILES string of the molecule is CC(C)c1ccccc1Oc1cc(F)c(C(=O)O)cc1N. The van der Waals surface area contributed by atoms with Crippen molar-refractivity contribution in [2.45, 2.75) is 19.8 Å². The van der Waals surface area contributed by atoms with Crippen molar-refractivity contribution < 1.29 is 19.0 Å². The number of nitrogen functional groups attached to an aromatic ring is 1. The summed E-state index contributed by atoms with van der Waals surface area (Å²) < 4.78 is 19.4. The number of carboxylic acids is 1. The summed E-state index contributed by atoms with van der Waals surface area (Å²) >= 11 is 0. The molecule has 5 heteroatoms. The van der Waals surface area contributed by atoms with E-state index in [2.05, 4.69) is 0 Å². The van der Waals surface area contributed by atoms with Gasteiger partial charge in [-0.05, 0) is 23.6 Å². The van der Waals surface area contributed by atoms with E-state index in [-0.39, 0.29) is 17.4 Å². The molecule has 0 aliphatic carbocycles. The lowest BCUT2D eigenvalue weighted by molar-refractivity contribution is 0.0692. The molecule has 0 aliphatic rings. The molecule has 0 heterocycles. The van der Waals surface area contributed by atoms with E-state index in [1.165, 1.54) is 0 Å². The molecule has 0 aliphatic heterocycles. The van der Waals surface area contributed by atoms with Gasteiger partial charge in [0.2, 0.25) is 0 Å². The summed E-state index contributed by atoms with van der Waals surface area (Å²) in [5, 5.41) is 8.85. The summed E-state index contributed by atoms with van der Waals surface area (Å²) in [6, 6.07) is 9.43. The second kappa shape index (κ2) is 5.83. The van der Waals surface area contributed by atoms with Gasteiger partial charge in [0.15, 0.2) is 5.75 Å². The molecule has 2 aromatic rings. The molecular weight excluding hydrogens is 273 g/mol. The van der Waals surface area contributed by atoms with Gasteiger partial charge in [0.05, 0.1) is 11.3 Å². The molecule has 0 bridgehead atoms. The number of anilines is 1. The number of para-hydroxylation sites is 1. The zero-order valence-electron chi connectivity index (χ0n) is 11.8. The number of aromatic carboxylic acids is 1. The molecule has 0 amide bonds. The number of carboxylic acid groups (broad SMARTS) is 1. The quantitative estimate of drug-likeness (QED) is 0.834. The monoisotopic (exact) mass is 289 g/mol. The van der Waals surface area contributed by atoms with Crippen molar-refractivity contribution in [3.8, 4) is 11.5 Å². The summed E-state index contributed by atoms with van der Waals surface area (Å²) in [4.78, 5) is 10.9. The minimum Gasteiger partial charge on any atom is -0.478 e. The number of nitrogens with two attached hydrogens (primary N) is 1. The first-order valence-corrected chi connectivity index (χ1v) is 6.49. The van der Waals surface area contributed by atoms with Crippen LogP contribution < -0.4 is 10.5 Å². The number of halogens is 1. The maximum Gasteiger partial charge on any atom is 0.338 e. The molecule has 21 heavy (non-hydrogen) atoms. The Hall–Kier alpha value is -2.56. The Labute approximate surface area is 122 Å². The second-order valence-corrected chi connectivity index (χ2v) is 4.97. The zero-order chi connectivity index (χ0) is 15.6. The molecule has 0 radical (unpaired) electrons. The molecule has 0 fully saturated rings. The number of benzene rings is 2. The normalized spacial score (nSPS) is 10.7. The first-order chi connectivity index (χ1) is 9.90. The fraction of sp³-hybridized carbons (Fsp3) is 0.188. The van der Waals surface area contributed by atoms with Crippen molar-refractivity contribution in [2.24, 2.45) is 0 Å². The summed E-state index contributed by atoms with van der Waals surface area (Å²) in [5.41, 5.74) is 6.31. The lowest BCUT2D eigenvalue weighted by Crippen LogP contribution is -2.04. The van der Waals surface area contributed by atoms with Crippen LogP contribution in [0.25, 0.3) is 0 Å². The summed E-state index contributed by atoms with van der Waals surface area (Å²) in [5.74, 6) is -1.35. The lowest BCUT2D eigenvalue weighted by Gasteiger charge is -2.15. The number of hydrogen-bond acceptors (Lipinski definition) is 3. The van der Waals surface area contributed by atoms with E-state index in [0.717, 1.165) is 17.7 Å². The topological polar surface area (TPSA) is 72.5 Å². The Morgan fingerprint density at radius 3 is 2.52 bits per heavy atom. The average Bonchev–Trinajstić information content (AvgIpc) is 2.42. The van der Waals surface area contributed by atoms with Crippen LogP contribution in [0.15, 0.2) is 36.4 Å². The molecule has 110 valence electrons. The molecule has 3 N–H and O–H groups in total. The van der Waals surface area contributed by atoms with Crippen LogP contribution in [-0.4, -0.2) is 11.1 Å². The van der Waals surface area contributed by atoms with E-state index >= 15 is 0 Å². The summed E-state index contributed by atoms with van der Waals surface area (Å²) in [6.07, 6.45) is 0. The Morgan fingerprint density at radius 1 is 1.24 bits per heavy atom. The van der Waals surface area contributed by atoms with Crippen molar-refractivity contribution in [1.82, 2.24) is 0 Å². The van der Waals surface area contributed by atoms with Gasteiger partial charge in [-0.3, -0.25) is 0 Å². The van der Waals surface area contributed by atoms with Crippen molar-refractivity contribution in [1.29, 1.82) is 0 Å². The minimum atomic E-state index is -1.37. The van der Waals surface area contributed by atoms with Crippen LogP contribution in [0.3, 0.4) is 0 Å². The molecule has 0 aromatic heterocycles. The highest BCUT2D eigenvalue weighted by Gasteiger charge is 2.16. The van der Waals surface area contributed by atoms with E-state index in [0.29, 0.717) is 5.75 Å². The van der Waals surface area contributed by atoms with E-state index in [9.17, 15) is 9.18 Å². The minimum absolute atomic E-state index is 0.0763. The lowest BCUT2D eigenvalue weighted by atomic mass is 10.0. The highest BCUT2D eigenvalue weighted by Crippen LogP contribution is 2.34. The molecule has 0 spiro atoms. The highest BCUT2D eigenvalue weighted by molar-refractivity contribution is 5.89. The maximum atomic E-state index is 13.7. The Kier molecular flexibility index (Phi) is 4.12. The Morgan fingerprint density at radius 2 is 1.90 bits per heavy atom. The highest BCUT2D eigenvalue weighted by atomic mass is 19.1. The van der Waals surface area contributed by atoms with Crippen LogP contribution >= 0.6 is 0 Å². The van der Waals surface area contributed by atoms with Crippen LogP contribution in [0.5, 0.6) is 11.5 Å². The van der Waals surface area contributed by atoms with E-state index in [1.807, 2.05) is 26.0 Å². The van der Waals surface area contributed by atoms with Gasteiger partial charge in [0.1, 0.15) is 11.6 Å². The first-order valence-electron chi connectivity index (χ1n) is 6.49.